The smallest absolute Gasteiger partial charge is 0.305 e. The van der Waals surface area contributed by atoms with Crippen LogP contribution in [0.4, 0.5) is 13.2 Å². The predicted octanol–water partition coefficient (Wildman–Crippen LogP) is 1.87. The molecule has 0 N–H and O–H groups in total. The van der Waals surface area contributed by atoms with Crippen LogP contribution < -0.4 is 0 Å². The lowest BCUT2D eigenvalue weighted by Gasteiger charge is -2.27. The van der Waals surface area contributed by atoms with Crippen LogP contribution in [0.5, 0.6) is 0 Å². The van der Waals surface area contributed by atoms with Gasteiger partial charge in [-0.25, -0.2) is 0 Å². The minimum Gasteiger partial charge on any atom is -0.305 e. The second-order valence-electron chi connectivity index (χ2n) is 5.02. The predicted molar refractivity (Wildman–Crippen MR) is 64.8 cm³/mol. The Labute approximate surface area is 114 Å². The molecule has 0 saturated heterocycles. The van der Waals surface area contributed by atoms with Crippen molar-refractivity contribution in [3.63, 3.8) is 0 Å². The molecule has 2 heterocycles. The molecule has 0 bridgehead atoms. The van der Waals surface area contributed by atoms with Gasteiger partial charge < -0.3 is 9.36 Å². The van der Waals surface area contributed by atoms with Gasteiger partial charge >= 0.3 is 6.18 Å². The second-order valence-corrected chi connectivity index (χ2v) is 5.02. The summed E-state index contributed by atoms with van der Waals surface area (Å²) >= 11 is 0. The van der Waals surface area contributed by atoms with Crippen molar-refractivity contribution in [2.24, 2.45) is 0 Å². The maximum atomic E-state index is 12.7. The molecule has 0 amide bonds. The number of carbonyl (C=O) groups excluding carboxylic acids is 1. The number of rotatable bonds is 5. The van der Waals surface area contributed by atoms with Crippen LogP contribution in [-0.2, 0) is 24.1 Å². The van der Waals surface area contributed by atoms with Crippen molar-refractivity contribution in [1.29, 1.82) is 0 Å². The summed E-state index contributed by atoms with van der Waals surface area (Å²) < 4.78 is 39.1. The van der Waals surface area contributed by atoms with Gasteiger partial charge in [-0.1, -0.05) is 0 Å². The fourth-order valence-corrected chi connectivity index (χ4v) is 2.32. The van der Waals surface area contributed by atoms with Crippen LogP contribution in [0.1, 0.15) is 37.8 Å². The summed E-state index contributed by atoms with van der Waals surface area (Å²) in [6.45, 7) is 3.50. The van der Waals surface area contributed by atoms with Gasteiger partial charge in [-0.15, -0.1) is 10.2 Å². The average Bonchev–Trinajstić information content (AvgIpc) is 2.77. The maximum Gasteiger partial charge on any atom is 0.451 e. The monoisotopic (exact) mass is 290 g/mol. The highest BCUT2D eigenvalue weighted by atomic mass is 19.4. The first-order valence-corrected chi connectivity index (χ1v) is 6.59. The van der Waals surface area contributed by atoms with E-state index in [4.69, 9.17) is 0 Å². The van der Waals surface area contributed by atoms with E-state index in [1.54, 1.807) is 6.92 Å². The first-order valence-electron chi connectivity index (χ1n) is 6.59. The van der Waals surface area contributed by atoms with E-state index in [-0.39, 0.29) is 12.3 Å². The first kappa shape index (κ1) is 15.0. The maximum absolute atomic E-state index is 12.7. The molecule has 112 valence electrons. The zero-order chi connectivity index (χ0) is 14.8. The number of carbonyl (C=O) groups is 1. The van der Waals surface area contributed by atoms with E-state index in [9.17, 15) is 18.0 Å². The Morgan fingerprint density at radius 3 is 2.65 bits per heavy atom. The van der Waals surface area contributed by atoms with Crippen LogP contribution in [0, 0.1) is 0 Å². The zero-order valence-electron chi connectivity index (χ0n) is 11.3. The molecule has 20 heavy (non-hydrogen) atoms. The zero-order valence-corrected chi connectivity index (χ0v) is 11.3. The van der Waals surface area contributed by atoms with Gasteiger partial charge in [0.15, 0.2) is 0 Å². The van der Waals surface area contributed by atoms with Gasteiger partial charge in [0.05, 0.1) is 6.54 Å². The first-order chi connectivity index (χ1) is 9.38. The van der Waals surface area contributed by atoms with Gasteiger partial charge in [0.2, 0.25) is 5.82 Å². The molecule has 5 nitrogen and oxygen atoms in total. The molecule has 2 rings (SSSR count). The Bertz CT molecular complexity index is 484. The standard InChI is InChI=1S/C12H17F3N4O/c1-9(20)4-2-3-5-18-6-7-19-10(8-18)16-17-11(19)12(13,14)15/h2-8H2,1H3. The molecule has 0 atom stereocenters. The number of ketones is 1. The Balaban J connectivity index is 1.89. The van der Waals surface area contributed by atoms with Crippen LogP contribution in [-0.4, -0.2) is 38.5 Å². The summed E-state index contributed by atoms with van der Waals surface area (Å²) in [7, 11) is 0. The number of aromatic nitrogens is 3. The molecule has 0 aliphatic carbocycles. The minimum atomic E-state index is -4.45. The Morgan fingerprint density at radius 2 is 2.00 bits per heavy atom. The van der Waals surface area contributed by atoms with E-state index in [0.29, 0.717) is 25.3 Å². The molecule has 8 heteroatoms. The van der Waals surface area contributed by atoms with Crippen molar-refractivity contribution in [1.82, 2.24) is 19.7 Å². The van der Waals surface area contributed by atoms with Crippen molar-refractivity contribution in [2.45, 2.75) is 45.5 Å². The molecular weight excluding hydrogens is 273 g/mol. The Hall–Kier alpha value is -1.44. The summed E-state index contributed by atoms with van der Waals surface area (Å²) in [5, 5.41) is 6.87. The lowest BCUT2D eigenvalue weighted by molar-refractivity contribution is -0.148. The van der Waals surface area contributed by atoms with Crippen LogP contribution in [0.2, 0.25) is 0 Å². The highest BCUT2D eigenvalue weighted by Gasteiger charge is 2.39. The van der Waals surface area contributed by atoms with Crippen LogP contribution >= 0.6 is 0 Å². The van der Waals surface area contributed by atoms with Crippen LogP contribution in [0.25, 0.3) is 0 Å². The van der Waals surface area contributed by atoms with Crippen molar-refractivity contribution >= 4 is 5.78 Å². The fraction of sp³-hybridized carbons (Fsp3) is 0.750. The topological polar surface area (TPSA) is 51.0 Å². The quantitative estimate of drug-likeness (QED) is 0.777. The van der Waals surface area contributed by atoms with Gasteiger partial charge in [-0.2, -0.15) is 13.2 Å². The van der Waals surface area contributed by atoms with E-state index in [2.05, 4.69) is 10.2 Å². The number of hydrogen-bond acceptors (Lipinski definition) is 4. The third-order valence-corrected chi connectivity index (χ3v) is 3.34. The van der Waals surface area contributed by atoms with Crippen molar-refractivity contribution in [3.05, 3.63) is 11.6 Å². The van der Waals surface area contributed by atoms with Crippen LogP contribution in [0.3, 0.4) is 0 Å². The van der Waals surface area contributed by atoms with Gasteiger partial charge in [-0.3, -0.25) is 4.90 Å². The number of Topliss-reactive ketones (excluding diaryl/α,β-unsaturated/α-hetero) is 1. The van der Waals surface area contributed by atoms with E-state index < -0.39 is 12.0 Å². The molecule has 1 aliphatic rings. The summed E-state index contributed by atoms with van der Waals surface area (Å²) in [4.78, 5) is 12.9. The number of alkyl halides is 3. The molecule has 0 fully saturated rings. The average molecular weight is 290 g/mol. The number of unbranched alkanes of at least 4 members (excludes halogenated alkanes) is 1. The molecule has 0 unspecified atom stereocenters. The number of fused-ring (bicyclic) bond motifs is 1. The Kier molecular flexibility index (Phi) is 4.42. The molecule has 0 spiro atoms. The van der Waals surface area contributed by atoms with Gasteiger partial charge in [0.25, 0.3) is 0 Å². The van der Waals surface area contributed by atoms with E-state index >= 15 is 0 Å². The third kappa shape index (κ3) is 3.56. The minimum absolute atomic E-state index is 0.165. The molecular formula is C12H17F3N4O. The fourth-order valence-electron chi connectivity index (χ4n) is 2.32. The molecule has 0 saturated carbocycles. The van der Waals surface area contributed by atoms with Gasteiger partial charge in [0.1, 0.15) is 11.6 Å². The van der Waals surface area contributed by atoms with Crippen molar-refractivity contribution in [2.75, 3.05) is 13.1 Å². The summed E-state index contributed by atoms with van der Waals surface area (Å²) in [5.41, 5.74) is 0. The Morgan fingerprint density at radius 1 is 1.25 bits per heavy atom. The van der Waals surface area contributed by atoms with Crippen molar-refractivity contribution < 1.29 is 18.0 Å². The third-order valence-electron chi connectivity index (χ3n) is 3.34. The highest BCUT2D eigenvalue weighted by molar-refractivity contribution is 5.75. The summed E-state index contributed by atoms with van der Waals surface area (Å²) in [6.07, 6.45) is -2.22. The molecule has 0 aromatic carbocycles. The lowest BCUT2D eigenvalue weighted by Crippen LogP contribution is -2.35. The molecule has 0 radical (unpaired) electrons. The van der Waals surface area contributed by atoms with E-state index in [0.717, 1.165) is 24.0 Å². The normalized spacial score (nSPS) is 16.2. The lowest BCUT2D eigenvalue weighted by atomic mass is 10.2. The van der Waals surface area contributed by atoms with Gasteiger partial charge in [0, 0.05) is 19.5 Å². The summed E-state index contributed by atoms with van der Waals surface area (Å²) in [6, 6.07) is 0. The summed E-state index contributed by atoms with van der Waals surface area (Å²) in [5.74, 6) is -0.392. The van der Waals surface area contributed by atoms with Crippen LogP contribution in [0.15, 0.2) is 0 Å². The SMILES string of the molecule is CC(=O)CCCCN1CCn2c(nnc2C(F)(F)F)C1. The van der Waals surface area contributed by atoms with Crippen molar-refractivity contribution in [3.8, 4) is 0 Å². The second kappa shape index (κ2) is 5.90. The molecule has 1 aromatic heterocycles. The number of hydrogen-bond donors (Lipinski definition) is 0. The number of halogens is 3. The highest BCUT2D eigenvalue weighted by Crippen LogP contribution is 2.29. The largest absolute Gasteiger partial charge is 0.451 e. The van der Waals surface area contributed by atoms with E-state index in [1.807, 2.05) is 4.90 Å². The molecule has 1 aromatic rings. The van der Waals surface area contributed by atoms with E-state index in [1.165, 1.54) is 0 Å². The van der Waals surface area contributed by atoms with Gasteiger partial charge in [-0.05, 0) is 26.3 Å². The molecule has 1 aliphatic heterocycles. The number of nitrogens with zero attached hydrogens (tertiary/aromatic N) is 4.